The van der Waals surface area contributed by atoms with Gasteiger partial charge in [0.1, 0.15) is 18.1 Å². The summed E-state index contributed by atoms with van der Waals surface area (Å²) >= 11 is 0. The molecule has 1 amide bonds. The Labute approximate surface area is 160 Å². The summed E-state index contributed by atoms with van der Waals surface area (Å²) in [7, 11) is 1.62. The largest absolute Gasteiger partial charge is 0.492 e. The highest BCUT2D eigenvalue weighted by Gasteiger charge is 2.28. The van der Waals surface area contributed by atoms with Gasteiger partial charge in [0.05, 0.1) is 18.6 Å². The van der Waals surface area contributed by atoms with E-state index in [0.29, 0.717) is 24.7 Å². The van der Waals surface area contributed by atoms with E-state index in [0.717, 1.165) is 5.69 Å². The Balaban J connectivity index is 1.78. The maximum Gasteiger partial charge on any atom is 0.233 e. The number of hydrogen-bond donors (Lipinski definition) is 1. The fourth-order valence-electron chi connectivity index (χ4n) is 2.09. The number of rotatable bonds is 11. The van der Waals surface area contributed by atoms with E-state index in [1.807, 2.05) is 44.2 Å². The summed E-state index contributed by atoms with van der Waals surface area (Å²) in [6.07, 6.45) is 0. The Morgan fingerprint density at radius 3 is 2.19 bits per heavy atom. The first kappa shape index (κ1) is 20.7. The van der Waals surface area contributed by atoms with Crippen LogP contribution in [-0.4, -0.2) is 39.6 Å². The molecule has 1 N–H and O–H groups in total. The van der Waals surface area contributed by atoms with Crippen LogP contribution in [0.3, 0.4) is 0 Å². The first-order valence-corrected chi connectivity index (χ1v) is 8.80. The molecule has 0 aliphatic rings. The fraction of sp³-hybridized carbons (Fsp3) is 0.381. The molecule has 0 bridgehead atoms. The Morgan fingerprint density at radius 1 is 0.926 bits per heavy atom. The fourth-order valence-corrected chi connectivity index (χ4v) is 2.09. The quantitative estimate of drug-likeness (QED) is 0.480. The van der Waals surface area contributed by atoms with Crippen LogP contribution < -0.4 is 14.8 Å². The van der Waals surface area contributed by atoms with Gasteiger partial charge in [0.15, 0.2) is 6.79 Å². The molecule has 2 aromatic carbocycles. The molecule has 0 saturated heterocycles. The molecule has 0 saturated carbocycles. The number of benzene rings is 2. The van der Waals surface area contributed by atoms with E-state index in [9.17, 15) is 4.79 Å². The van der Waals surface area contributed by atoms with Gasteiger partial charge in [-0.2, -0.15) is 0 Å². The predicted octanol–water partition coefficient (Wildman–Crippen LogP) is 3.73. The number of ether oxygens (including phenoxy) is 4. The van der Waals surface area contributed by atoms with E-state index in [1.165, 1.54) is 0 Å². The molecular formula is C21H27NO5. The molecule has 0 aliphatic carbocycles. The van der Waals surface area contributed by atoms with Gasteiger partial charge in [0.25, 0.3) is 0 Å². The second-order valence-electron chi connectivity index (χ2n) is 6.63. The van der Waals surface area contributed by atoms with Crippen molar-refractivity contribution < 1.29 is 23.7 Å². The van der Waals surface area contributed by atoms with Crippen molar-refractivity contribution in [1.82, 2.24) is 0 Å². The topological polar surface area (TPSA) is 66.0 Å². The number of para-hydroxylation sites is 1. The van der Waals surface area contributed by atoms with Crippen molar-refractivity contribution in [3.8, 4) is 11.5 Å². The first-order valence-electron chi connectivity index (χ1n) is 8.80. The van der Waals surface area contributed by atoms with Crippen molar-refractivity contribution in [2.24, 2.45) is 5.41 Å². The van der Waals surface area contributed by atoms with E-state index in [2.05, 4.69) is 5.32 Å². The molecule has 0 heterocycles. The van der Waals surface area contributed by atoms with Crippen LogP contribution in [0.4, 0.5) is 5.69 Å². The summed E-state index contributed by atoms with van der Waals surface area (Å²) in [6.45, 7) is 5.13. The van der Waals surface area contributed by atoms with Gasteiger partial charge in [-0.15, -0.1) is 0 Å². The highest BCUT2D eigenvalue weighted by atomic mass is 16.7. The summed E-state index contributed by atoms with van der Waals surface area (Å²) in [5.74, 6) is 1.26. The van der Waals surface area contributed by atoms with Crippen LogP contribution >= 0.6 is 0 Å². The lowest BCUT2D eigenvalue weighted by molar-refractivity contribution is -0.125. The lowest BCUT2D eigenvalue weighted by Crippen LogP contribution is -2.36. The molecule has 0 aliphatic heterocycles. The molecule has 2 rings (SSSR count). The molecule has 27 heavy (non-hydrogen) atoms. The van der Waals surface area contributed by atoms with Crippen LogP contribution in [0.25, 0.3) is 0 Å². The standard InChI is InChI=1S/C21H27NO5/c1-21(2,20(23)22-17-7-5-4-6-8-17)15-26-18-9-11-19(12-10-18)27-16-25-14-13-24-3/h4-12H,13-16H2,1-3H3,(H,22,23). The van der Waals surface area contributed by atoms with Crippen LogP contribution in [-0.2, 0) is 14.3 Å². The van der Waals surface area contributed by atoms with Gasteiger partial charge in [-0.25, -0.2) is 0 Å². The van der Waals surface area contributed by atoms with Crippen LogP contribution in [0.1, 0.15) is 13.8 Å². The van der Waals surface area contributed by atoms with Crippen LogP contribution in [0.2, 0.25) is 0 Å². The van der Waals surface area contributed by atoms with Crippen LogP contribution in [0.15, 0.2) is 54.6 Å². The zero-order valence-electron chi connectivity index (χ0n) is 16.1. The molecule has 6 nitrogen and oxygen atoms in total. The molecule has 6 heteroatoms. The minimum Gasteiger partial charge on any atom is -0.492 e. The summed E-state index contributed by atoms with van der Waals surface area (Å²) in [5.41, 5.74) is 0.0880. The van der Waals surface area contributed by atoms with Gasteiger partial charge in [-0.3, -0.25) is 4.79 Å². The van der Waals surface area contributed by atoms with E-state index in [-0.39, 0.29) is 19.3 Å². The third kappa shape index (κ3) is 7.29. The number of methoxy groups -OCH3 is 1. The molecule has 0 aromatic heterocycles. The average molecular weight is 373 g/mol. The lowest BCUT2D eigenvalue weighted by Gasteiger charge is -2.24. The van der Waals surface area contributed by atoms with Crippen molar-refractivity contribution >= 4 is 11.6 Å². The second kappa shape index (κ2) is 10.5. The molecule has 2 aromatic rings. The number of nitrogens with one attached hydrogen (secondary N) is 1. The zero-order valence-corrected chi connectivity index (χ0v) is 16.1. The molecule has 146 valence electrons. The summed E-state index contributed by atoms with van der Waals surface area (Å²) in [4.78, 5) is 12.5. The average Bonchev–Trinajstić information content (AvgIpc) is 2.68. The highest BCUT2D eigenvalue weighted by Crippen LogP contribution is 2.23. The first-order chi connectivity index (χ1) is 13.0. The van der Waals surface area contributed by atoms with E-state index >= 15 is 0 Å². The Hall–Kier alpha value is -2.57. The number of carbonyl (C=O) groups is 1. The monoisotopic (exact) mass is 373 g/mol. The van der Waals surface area contributed by atoms with Gasteiger partial charge in [0.2, 0.25) is 5.91 Å². The number of amides is 1. The van der Waals surface area contributed by atoms with Gasteiger partial charge in [0, 0.05) is 12.8 Å². The predicted molar refractivity (Wildman–Crippen MR) is 104 cm³/mol. The zero-order chi connectivity index (χ0) is 19.5. The van der Waals surface area contributed by atoms with Crippen LogP contribution in [0, 0.1) is 5.41 Å². The second-order valence-corrected chi connectivity index (χ2v) is 6.63. The molecule has 0 spiro atoms. The van der Waals surface area contributed by atoms with Crippen molar-refractivity contribution in [2.75, 3.05) is 39.0 Å². The molecular weight excluding hydrogens is 346 g/mol. The Morgan fingerprint density at radius 2 is 1.56 bits per heavy atom. The van der Waals surface area contributed by atoms with E-state index < -0.39 is 5.41 Å². The van der Waals surface area contributed by atoms with Gasteiger partial charge in [-0.1, -0.05) is 18.2 Å². The van der Waals surface area contributed by atoms with Crippen molar-refractivity contribution in [3.05, 3.63) is 54.6 Å². The minimum absolute atomic E-state index is 0.0955. The maximum absolute atomic E-state index is 12.5. The van der Waals surface area contributed by atoms with Crippen molar-refractivity contribution in [2.45, 2.75) is 13.8 Å². The van der Waals surface area contributed by atoms with Crippen molar-refractivity contribution in [3.63, 3.8) is 0 Å². The molecule has 0 fully saturated rings. The molecule has 0 atom stereocenters. The molecule has 0 radical (unpaired) electrons. The number of carbonyl (C=O) groups excluding carboxylic acids is 1. The smallest absolute Gasteiger partial charge is 0.233 e. The van der Waals surface area contributed by atoms with Crippen LogP contribution in [0.5, 0.6) is 11.5 Å². The SMILES string of the molecule is COCCOCOc1ccc(OCC(C)(C)C(=O)Nc2ccccc2)cc1. The third-order valence-electron chi connectivity index (χ3n) is 3.81. The normalized spacial score (nSPS) is 11.1. The third-order valence-corrected chi connectivity index (χ3v) is 3.81. The summed E-state index contributed by atoms with van der Waals surface area (Å²) in [5, 5.41) is 2.90. The van der Waals surface area contributed by atoms with Gasteiger partial charge in [-0.05, 0) is 50.2 Å². The van der Waals surface area contributed by atoms with Gasteiger partial charge < -0.3 is 24.3 Å². The molecule has 0 unspecified atom stereocenters. The number of anilines is 1. The Kier molecular flexibility index (Phi) is 8.10. The van der Waals surface area contributed by atoms with E-state index in [1.54, 1.807) is 31.4 Å². The van der Waals surface area contributed by atoms with Crippen molar-refractivity contribution in [1.29, 1.82) is 0 Å². The Bertz CT molecular complexity index is 685. The minimum atomic E-state index is -0.680. The highest BCUT2D eigenvalue weighted by molar-refractivity contribution is 5.94. The number of hydrogen-bond acceptors (Lipinski definition) is 5. The lowest BCUT2D eigenvalue weighted by atomic mass is 9.93. The summed E-state index contributed by atoms with van der Waals surface area (Å²) < 4.78 is 21.4. The summed E-state index contributed by atoms with van der Waals surface area (Å²) in [6, 6.07) is 16.6. The van der Waals surface area contributed by atoms with E-state index in [4.69, 9.17) is 18.9 Å². The maximum atomic E-state index is 12.5. The van der Waals surface area contributed by atoms with Gasteiger partial charge >= 0.3 is 0 Å².